The van der Waals surface area contributed by atoms with E-state index in [-0.39, 0.29) is 0 Å². The van der Waals surface area contributed by atoms with Crippen LogP contribution >= 0.6 is 0 Å². The number of hydrogen-bond acceptors (Lipinski definition) is 2. The molecule has 0 radical (unpaired) electrons. The van der Waals surface area contributed by atoms with Crippen LogP contribution in [0.5, 0.6) is 0 Å². The summed E-state index contributed by atoms with van der Waals surface area (Å²) < 4.78 is 0. The predicted octanol–water partition coefficient (Wildman–Crippen LogP) is 4.82. The van der Waals surface area contributed by atoms with Crippen LogP contribution in [-0.4, -0.2) is 9.97 Å². The van der Waals surface area contributed by atoms with E-state index in [1.807, 2.05) is 60.7 Å². The van der Waals surface area contributed by atoms with Crippen molar-refractivity contribution in [1.29, 1.82) is 0 Å². The maximum atomic E-state index is 4.41. The first-order valence-corrected chi connectivity index (χ1v) is 7.18. The van der Waals surface area contributed by atoms with Crippen molar-refractivity contribution in [3.8, 4) is 0 Å². The standard InChI is InChI=1S/C20H16N2/c1-3-7-17(8-4-1)11-13-19-15-22-20(16-21-19)14-12-18-9-5-2-6-10-18/h1-16H. The van der Waals surface area contributed by atoms with Crippen LogP contribution in [-0.2, 0) is 0 Å². The maximum Gasteiger partial charge on any atom is 0.0813 e. The SMILES string of the molecule is C(=Cc1cnc(C=Cc2ccccc2)cn1)c1ccccc1. The second-order valence-corrected chi connectivity index (χ2v) is 4.85. The Balaban J connectivity index is 1.68. The predicted molar refractivity (Wildman–Crippen MR) is 92.8 cm³/mol. The molecule has 2 nitrogen and oxygen atoms in total. The van der Waals surface area contributed by atoms with Gasteiger partial charge < -0.3 is 0 Å². The minimum atomic E-state index is 0.848. The molecule has 3 aromatic rings. The largest absolute Gasteiger partial charge is 0.253 e. The Morgan fingerprint density at radius 2 is 0.909 bits per heavy atom. The molecular weight excluding hydrogens is 268 g/mol. The molecule has 0 atom stereocenters. The Kier molecular flexibility index (Phi) is 4.53. The quantitative estimate of drug-likeness (QED) is 0.686. The van der Waals surface area contributed by atoms with E-state index >= 15 is 0 Å². The molecule has 22 heavy (non-hydrogen) atoms. The number of nitrogens with zero attached hydrogens (tertiary/aromatic N) is 2. The van der Waals surface area contributed by atoms with Crippen molar-refractivity contribution in [2.75, 3.05) is 0 Å². The third-order valence-corrected chi connectivity index (χ3v) is 3.18. The minimum absolute atomic E-state index is 0.848. The smallest absolute Gasteiger partial charge is 0.0813 e. The summed E-state index contributed by atoms with van der Waals surface area (Å²) in [7, 11) is 0. The maximum absolute atomic E-state index is 4.41. The monoisotopic (exact) mass is 284 g/mol. The Bertz CT molecular complexity index is 689. The van der Waals surface area contributed by atoms with Crippen LogP contribution in [0.3, 0.4) is 0 Å². The van der Waals surface area contributed by atoms with Gasteiger partial charge in [-0.05, 0) is 23.3 Å². The van der Waals surface area contributed by atoms with Crippen LogP contribution in [0.15, 0.2) is 73.1 Å². The molecule has 0 bridgehead atoms. The molecule has 1 aromatic heterocycles. The molecule has 0 aliphatic carbocycles. The molecule has 0 N–H and O–H groups in total. The van der Waals surface area contributed by atoms with Crippen LogP contribution in [0, 0.1) is 0 Å². The number of hydrogen-bond donors (Lipinski definition) is 0. The van der Waals surface area contributed by atoms with Gasteiger partial charge in [0.15, 0.2) is 0 Å². The van der Waals surface area contributed by atoms with Crippen molar-refractivity contribution < 1.29 is 0 Å². The fraction of sp³-hybridized carbons (Fsp3) is 0. The summed E-state index contributed by atoms with van der Waals surface area (Å²) in [4.78, 5) is 8.81. The van der Waals surface area contributed by atoms with Gasteiger partial charge in [-0.15, -0.1) is 0 Å². The molecule has 0 spiro atoms. The summed E-state index contributed by atoms with van der Waals surface area (Å²) >= 11 is 0. The van der Waals surface area contributed by atoms with Crippen molar-refractivity contribution in [2.24, 2.45) is 0 Å². The molecule has 1 heterocycles. The Hall–Kier alpha value is -3.00. The number of aromatic nitrogens is 2. The highest BCUT2D eigenvalue weighted by atomic mass is 14.8. The topological polar surface area (TPSA) is 25.8 Å². The zero-order chi connectivity index (χ0) is 15.0. The molecule has 3 rings (SSSR count). The third-order valence-electron chi connectivity index (χ3n) is 3.18. The van der Waals surface area contributed by atoms with Gasteiger partial charge >= 0.3 is 0 Å². The van der Waals surface area contributed by atoms with Crippen molar-refractivity contribution in [3.05, 3.63) is 95.6 Å². The Morgan fingerprint density at radius 1 is 0.500 bits per heavy atom. The lowest BCUT2D eigenvalue weighted by molar-refractivity contribution is 1.16. The average molecular weight is 284 g/mol. The Morgan fingerprint density at radius 3 is 1.27 bits per heavy atom. The summed E-state index contributed by atoms with van der Waals surface area (Å²) in [6, 6.07) is 20.3. The highest BCUT2D eigenvalue weighted by Gasteiger charge is 1.92. The van der Waals surface area contributed by atoms with Crippen LogP contribution in [0.1, 0.15) is 22.5 Å². The van der Waals surface area contributed by atoms with Gasteiger partial charge in [0.1, 0.15) is 0 Å². The first kappa shape index (κ1) is 14.0. The third kappa shape index (κ3) is 4.00. The highest BCUT2D eigenvalue weighted by molar-refractivity contribution is 5.69. The lowest BCUT2D eigenvalue weighted by Crippen LogP contribution is -1.86. The molecule has 0 aliphatic rings. The van der Waals surface area contributed by atoms with Gasteiger partial charge in [-0.2, -0.15) is 0 Å². The first-order valence-electron chi connectivity index (χ1n) is 7.18. The summed E-state index contributed by atoms with van der Waals surface area (Å²) in [5, 5.41) is 0. The van der Waals surface area contributed by atoms with E-state index in [2.05, 4.69) is 34.2 Å². The summed E-state index contributed by atoms with van der Waals surface area (Å²) in [5.74, 6) is 0. The number of rotatable bonds is 4. The lowest BCUT2D eigenvalue weighted by atomic mass is 10.2. The van der Waals surface area contributed by atoms with Gasteiger partial charge in [0.05, 0.1) is 23.8 Å². The van der Waals surface area contributed by atoms with E-state index in [4.69, 9.17) is 0 Å². The van der Waals surface area contributed by atoms with E-state index in [9.17, 15) is 0 Å². The molecule has 0 amide bonds. The van der Waals surface area contributed by atoms with Crippen molar-refractivity contribution >= 4 is 24.3 Å². The first-order chi connectivity index (χ1) is 10.9. The van der Waals surface area contributed by atoms with Crippen molar-refractivity contribution in [3.63, 3.8) is 0 Å². The fourth-order valence-electron chi connectivity index (χ4n) is 2.01. The van der Waals surface area contributed by atoms with Gasteiger partial charge in [-0.1, -0.05) is 72.8 Å². The van der Waals surface area contributed by atoms with Gasteiger partial charge in [0.25, 0.3) is 0 Å². The minimum Gasteiger partial charge on any atom is -0.253 e. The molecular formula is C20H16N2. The van der Waals surface area contributed by atoms with Crippen molar-refractivity contribution in [2.45, 2.75) is 0 Å². The molecule has 2 aromatic carbocycles. The summed E-state index contributed by atoms with van der Waals surface area (Å²) in [5.41, 5.74) is 4.00. The molecule has 106 valence electrons. The van der Waals surface area contributed by atoms with E-state index in [0.29, 0.717) is 0 Å². The molecule has 0 saturated carbocycles. The zero-order valence-corrected chi connectivity index (χ0v) is 12.1. The van der Waals surface area contributed by atoms with Crippen LogP contribution in [0.2, 0.25) is 0 Å². The van der Waals surface area contributed by atoms with E-state index in [1.165, 1.54) is 0 Å². The van der Waals surface area contributed by atoms with Gasteiger partial charge in [0, 0.05) is 0 Å². The lowest BCUT2D eigenvalue weighted by Gasteiger charge is -1.96. The second kappa shape index (κ2) is 7.14. The average Bonchev–Trinajstić information content (AvgIpc) is 2.61. The van der Waals surface area contributed by atoms with Gasteiger partial charge in [0.2, 0.25) is 0 Å². The fourth-order valence-corrected chi connectivity index (χ4v) is 2.01. The summed E-state index contributed by atoms with van der Waals surface area (Å²) in [6.45, 7) is 0. The Labute approximate surface area is 130 Å². The van der Waals surface area contributed by atoms with E-state index in [1.54, 1.807) is 12.4 Å². The van der Waals surface area contributed by atoms with Crippen LogP contribution < -0.4 is 0 Å². The normalized spacial score (nSPS) is 11.3. The molecule has 0 unspecified atom stereocenters. The van der Waals surface area contributed by atoms with Gasteiger partial charge in [-0.3, -0.25) is 9.97 Å². The van der Waals surface area contributed by atoms with E-state index < -0.39 is 0 Å². The van der Waals surface area contributed by atoms with Crippen LogP contribution in [0.25, 0.3) is 24.3 Å². The molecule has 0 saturated heterocycles. The number of benzene rings is 2. The summed E-state index contributed by atoms with van der Waals surface area (Å²) in [6.07, 6.45) is 11.6. The van der Waals surface area contributed by atoms with E-state index in [0.717, 1.165) is 22.5 Å². The van der Waals surface area contributed by atoms with Gasteiger partial charge in [-0.25, -0.2) is 0 Å². The molecule has 2 heteroatoms. The van der Waals surface area contributed by atoms with Crippen LogP contribution in [0.4, 0.5) is 0 Å². The van der Waals surface area contributed by atoms with Crippen molar-refractivity contribution in [1.82, 2.24) is 9.97 Å². The molecule has 0 aliphatic heterocycles. The molecule has 0 fully saturated rings. The second-order valence-electron chi connectivity index (χ2n) is 4.85. The highest BCUT2D eigenvalue weighted by Crippen LogP contribution is 2.08. The zero-order valence-electron chi connectivity index (χ0n) is 12.1.